The Morgan fingerprint density at radius 3 is 2.61 bits per heavy atom. The predicted molar refractivity (Wildman–Crippen MR) is 77.2 cm³/mol. The molecular formula is C14H22ClN3. The first-order chi connectivity index (χ1) is 8.60. The first-order valence-electron chi connectivity index (χ1n) is 6.65. The van der Waals surface area contributed by atoms with Gasteiger partial charge in [-0.25, -0.2) is 4.98 Å². The highest BCUT2D eigenvalue weighted by atomic mass is 35.5. The zero-order valence-electron chi connectivity index (χ0n) is 11.4. The topological polar surface area (TPSA) is 28.2 Å². The molecule has 0 aliphatic carbocycles. The van der Waals surface area contributed by atoms with Gasteiger partial charge in [0.05, 0.1) is 10.7 Å². The lowest BCUT2D eigenvalue weighted by Crippen LogP contribution is -2.39. The number of hydrogen-bond donors (Lipinski definition) is 1. The van der Waals surface area contributed by atoms with Gasteiger partial charge in [-0.15, -0.1) is 0 Å². The summed E-state index contributed by atoms with van der Waals surface area (Å²) in [4.78, 5) is 7.07. The standard InChI is InChI=1S/C14H22ClN3/c1-10-6-11(2)9-18(8-10)14-5-4-12(15)13(17-14)7-16-3/h4-5,10-11,16H,6-9H2,1-3H3. The van der Waals surface area contributed by atoms with Crippen LogP contribution in [0.5, 0.6) is 0 Å². The summed E-state index contributed by atoms with van der Waals surface area (Å²) < 4.78 is 0. The van der Waals surface area contributed by atoms with Crippen LogP contribution in [0.1, 0.15) is 26.0 Å². The second kappa shape index (κ2) is 5.89. The van der Waals surface area contributed by atoms with E-state index in [4.69, 9.17) is 11.6 Å². The highest BCUT2D eigenvalue weighted by molar-refractivity contribution is 6.31. The number of hydrogen-bond acceptors (Lipinski definition) is 3. The summed E-state index contributed by atoms with van der Waals surface area (Å²) in [7, 11) is 1.91. The molecule has 1 N–H and O–H groups in total. The van der Waals surface area contributed by atoms with Gasteiger partial charge in [0.25, 0.3) is 0 Å². The molecule has 1 aliphatic heterocycles. The maximum Gasteiger partial charge on any atom is 0.128 e. The first kappa shape index (κ1) is 13.6. The van der Waals surface area contributed by atoms with Crippen molar-refractivity contribution in [2.24, 2.45) is 11.8 Å². The van der Waals surface area contributed by atoms with Crippen LogP contribution in [-0.4, -0.2) is 25.1 Å². The van der Waals surface area contributed by atoms with Gasteiger partial charge in [-0.1, -0.05) is 25.4 Å². The summed E-state index contributed by atoms with van der Waals surface area (Å²) in [5.74, 6) is 2.53. The van der Waals surface area contributed by atoms with E-state index in [-0.39, 0.29) is 0 Å². The number of rotatable bonds is 3. The SMILES string of the molecule is CNCc1nc(N2CC(C)CC(C)C2)ccc1Cl. The maximum atomic E-state index is 6.15. The second-order valence-electron chi connectivity index (χ2n) is 5.48. The minimum Gasteiger partial charge on any atom is -0.356 e. The third-order valence-electron chi connectivity index (χ3n) is 3.44. The van der Waals surface area contributed by atoms with Crippen LogP contribution in [-0.2, 0) is 6.54 Å². The molecule has 1 saturated heterocycles. The fourth-order valence-corrected chi connectivity index (χ4v) is 2.96. The van der Waals surface area contributed by atoms with E-state index in [1.807, 2.05) is 19.2 Å². The normalized spacial score (nSPS) is 24.3. The van der Waals surface area contributed by atoms with Crippen LogP contribution in [0.25, 0.3) is 0 Å². The first-order valence-corrected chi connectivity index (χ1v) is 7.03. The number of aromatic nitrogens is 1. The van der Waals surface area contributed by atoms with E-state index in [1.165, 1.54) is 6.42 Å². The highest BCUT2D eigenvalue weighted by Gasteiger charge is 2.23. The van der Waals surface area contributed by atoms with Gasteiger partial charge in [0.2, 0.25) is 0 Å². The Morgan fingerprint density at radius 1 is 1.33 bits per heavy atom. The van der Waals surface area contributed by atoms with Crippen molar-refractivity contribution < 1.29 is 0 Å². The third-order valence-corrected chi connectivity index (χ3v) is 3.79. The van der Waals surface area contributed by atoms with Crippen LogP contribution >= 0.6 is 11.6 Å². The molecule has 1 aromatic rings. The van der Waals surface area contributed by atoms with Crippen molar-refractivity contribution in [2.75, 3.05) is 25.0 Å². The Kier molecular flexibility index (Phi) is 4.46. The van der Waals surface area contributed by atoms with Crippen LogP contribution in [0.3, 0.4) is 0 Å². The van der Waals surface area contributed by atoms with Gasteiger partial charge in [-0.05, 0) is 37.4 Å². The third kappa shape index (κ3) is 3.15. The van der Waals surface area contributed by atoms with Gasteiger partial charge >= 0.3 is 0 Å². The molecule has 2 heterocycles. The Hall–Kier alpha value is -0.800. The van der Waals surface area contributed by atoms with Gasteiger partial charge in [-0.2, -0.15) is 0 Å². The summed E-state index contributed by atoms with van der Waals surface area (Å²) in [6.07, 6.45) is 1.31. The molecule has 1 aromatic heterocycles. The fraction of sp³-hybridized carbons (Fsp3) is 0.643. The monoisotopic (exact) mass is 267 g/mol. The second-order valence-corrected chi connectivity index (χ2v) is 5.89. The lowest BCUT2D eigenvalue weighted by molar-refractivity contribution is 0.355. The number of piperidine rings is 1. The molecule has 0 spiro atoms. The number of anilines is 1. The van der Waals surface area contributed by atoms with Gasteiger partial charge in [-0.3, -0.25) is 0 Å². The Bertz CT molecular complexity index is 398. The number of nitrogens with zero attached hydrogens (tertiary/aromatic N) is 2. The van der Waals surface area contributed by atoms with E-state index in [2.05, 4.69) is 29.0 Å². The molecule has 0 bridgehead atoms. The van der Waals surface area contributed by atoms with Crippen molar-refractivity contribution in [2.45, 2.75) is 26.8 Å². The predicted octanol–water partition coefficient (Wildman–Crippen LogP) is 2.94. The molecule has 0 saturated carbocycles. The van der Waals surface area contributed by atoms with Gasteiger partial charge in [0.15, 0.2) is 0 Å². The average molecular weight is 268 g/mol. The van der Waals surface area contributed by atoms with Gasteiger partial charge in [0, 0.05) is 19.6 Å². The van der Waals surface area contributed by atoms with Gasteiger partial charge in [0.1, 0.15) is 5.82 Å². The molecule has 4 heteroatoms. The van der Waals surface area contributed by atoms with Crippen molar-refractivity contribution >= 4 is 17.4 Å². The van der Waals surface area contributed by atoms with Crippen LogP contribution < -0.4 is 10.2 Å². The zero-order valence-corrected chi connectivity index (χ0v) is 12.2. The molecule has 0 amide bonds. The van der Waals surface area contributed by atoms with Crippen molar-refractivity contribution in [3.8, 4) is 0 Å². The van der Waals surface area contributed by atoms with E-state index in [0.29, 0.717) is 6.54 Å². The minimum atomic E-state index is 0.714. The molecule has 2 unspecified atom stereocenters. The molecule has 18 heavy (non-hydrogen) atoms. The summed E-state index contributed by atoms with van der Waals surface area (Å²) in [6, 6.07) is 3.99. The quantitative estimate of drug-likeness (QED) is 0.913. The summed E-state index contributed by atoms with van der Waals surface area (Å²) in [6.45, 7) is 7.53. The fourth-order valence-electron chi connectivity index (χ4n) is 2.79. The maximum absolute atomic E-state index is 6.15. The highest BCUT2D eigenvalue weighted by Crippen LogP contribution is 2.26. The Labute approximate surface area is 115 Å². The largest absolute Gasteiger partial charge is 0.356 e. The van der Waals surface area contributed by atoms with Crippen LogP contribution in [0, 0.1) is 11.8 Å². The van der Waals surface area contributed by atoms with Crippen LogP contribution in [0.4, 0.5) is 5.82 Å². The molecule has 2 rings (SSSR count). The minimum absolute atomic E-state index is 0.714. The van der Waals surface area contributed by atoms with Crippen LogP contribution in [0.15, 0.2) is 12.1 Å². The molecule has 2 atom stereocenters. The van der Waals surface area contributed by atoms with E-state index in [1.54, 1.807) is 0 Å². The van der Waals surface area contributed by atoms with Crippen molar-refractivity contribution in [3.05, 3.63) is 22.8 Å². The molecule has 100 valence electrons. The van der Waals surface area contributed by atoms with Crippen molar-refractivity contribution in [1.29, 1.82) is 0 Å². The van der Waals surface area contributed by atoms with E-state index in [0.717, 1.165) is 41.5 Å². The summed E-state index contributed by atoms with van der Waals surface area (Å²) >= 11 is 6.15. The average Bonchev–Trinajstić information content (AvgIpc) is 2.31. The lowest BCUT2D eigenvalue weighted by atomic mass is 9.92. The van der Waals surface area contributed by atoms with Gasteiger partial charge < -0.3 is 10.2 Å². The Morgan fingerprint density at radius 2 is 2.00 bits per heavy atom. The van der Waals surface area contributed by atoms with E-state index in [9.17, 15) is 0 Å². The number of halogens is 1. The molecule has 0 aromatic carbocycles. The van der Waals surface area contributed by atoms with Crippen molar-refractivity contribution in [1.82, 2.24) is 10.3 Å². The smallest absolute Gasteiger partial charge is 0.128 e. The summed E-state index contributed by atoms with van der Waals surface area (Å²) in [5, 5.41) is 3.85. The van der Waals surface area contributed by atoms with Crippen molar-refractivity contribution in [3.63, 3.8) is 0 Å². The van der Waals surface area contributed by atoms with E-state index < -0.39 is 0 Å². The number of nitrogens with one attached hydrogen (secondary N) is 1. The van der Waals surface area contributed by atoms with Crippen LogP contribution in [0.2, 0.25) is 5.02 Å². The lowest BCUT2D eigenvalue weighted by Gasteiger charge is -2.36. The Balaban J connectivity index is 2.19. The molecule has 3 nitrogen and oxygen atoms in total. The molecule has 1 fully saturated rings. The van der Waals surface area contributed by atoms with E-state index >= 15 is 0 Å². The number of pyridine rings is 1. The zero-order chi connectivity index (χ0) is 13.1. The molecular weight excluding hydrogens is 246 g/mol. The molecule has 0 radical (unpaired) electrons. The molecule has 1 aliphatic rings. The summed E-state index contributed by atoms with van der Waals surface area (Å²) in [5.41, 5.74) is 0.933.